The van der Waals surface area contributed by atoms with E-state index in [0.29, 0.717) is 0 Å². The largest absolute Gasteiger partial charge is 1.00 e. The maximum absolute atomic E-state index is 9.62. The van der Waals surface area contributed by atoms with Gasteiger partial charge in [0.1, 0.15) is 6.09 Å². The minimum absolute atomic E-state index is 0. The van der Waals surface area contributed by atoms with Crippen LogP contribution in [0.3, 0.4) is 0 Å². The maximum atomic E-state index is 9.62. The van der Waals surface area contributed by atoms with E-state index in [0.717, 1.165) is 0 Å². The van der Waals surface area contributed by atoms with Crippen LogP contribution in [0.4, 0.5) is 4.79 Å². The van der Waals surface area contributed by atoms with E-state index in [1.165, 1.54) is 0 Å². The van der Waals surface area contributed by atoms with Gasteiger partial charge in [0.05, 0.1) is 0 Å². The molecule has 1 N–H and O–H groups in total. The molecule has 0 aromatic rings. The third kappa shape index (κ3) is 18.8. The zero-order valence-electron chi connectivity index (χ0n) is 6.55. The van der Waals surface area contributed by atoms with Gasteiger partial charge in [-0.15, -0.1) is 0 Å². The smallest absolute Gasteiger partial charge is 0.550 e. The van der Waals surface area contributed by atoms with Gasteiger partial charge in [0, 0.05) is 18.9 Å². The Labute approximate surface area is 149 Å². The molecule has 0 heterocycles. The Hall–Kier alpha value is 2.01. The Balaban J connectivity index is -0.000000320. The molecule has 0 saturated carbocycles. The summed E-state index contributed by atoms with van der Waals surface area (Å²) >= 11 is 0. The van der Waals surface area contributed by atoms with Crippen molar-refractivity contribution in [2.75, 3.05) is 6.54 Å². The van der Waals surface area contributed by atoms with Gasteiger partial charge in [-0.05, 0) is 0 Å². The molecule has 0 aromatic heterocycles. The van der Waals surface area contributed by atoms with Gasteiger partial charge in [-0.1, -0.05) is 0 Å². The van der Waals surface area contributed by atoms with Crippen LogP contribution in [0, 0.1) is 0 Å². The van der Waals surface area contributed by atoms with E-state index in [1.54, 1.807) is 5.32 Å². The fourth-order valence-corrected chi connectivity index (χ4v) is 0.267. The number of amides is 1. The number of nitrogens with one attached hydrogen (secondary N) is 1. The summed E-state index contributed by atoms with van der Waals surface area (Å²) in [5.41, 5.74) is 0. The predicted molar refractivity (Wildman–Crippen MR) is 23.0 cm³/mol. The van der Waals surface area contributed by atoms with E-state index >= 15 is 0 Å². The molecule has 1 amide bonds. The molecule has 5 nitrogen and oxygen atoms in total. The fourth-order valence-electron chi connectivity index (χ4n) is 0.267. The number of aliphatic carboxylic acids is 1. The molecular formula is C4H5K2NO4. The van der Waals surface area contributed by atoms with Gasteiger partial charge in [0.25, 0.3) is 0 Å². The quantitative estimate of drug-likeness (QED) is 0.467. The van der Waals surface area contributed by atoms with Crippen molar-refractivity contribution >= 4 is 12.1 Å². The number of carbonyl (C=O) groups excluding carboxylic acids is 2. The molecule has 0 aliphatic heterocycles. The first-order chi connectivity index (χ1) is 4.13. The normalized spacial score (nSPS) is 6.91. The van der Waals surface area contributed by atoms with E-state index in [1.807, 2.05) is 0 Å². The van der Waals surface area contributed by atoms with Crippen LogP contribution < -0.4 is 118 Å². The van der Waals surface area contributed by atoms with E-state index in [2.05, 4.69) is 0 Å². The molecular weight excluding hydrogens is 204 g/mol. The second kappa shape index (κ2) is 12.0. The molecule has 7 heteroatoms. The standard InChI is InChI=1S/C4H7NO4.2K/c6-3(7)1-2-5-4(8)9;;/h5H,1-2H2,(H,6,7)(H,8,9);;/q;2*+1/p-2. The molecule has 0 bridgehead atoms. The number of carbonyl (C=O) groups is 2. The van der Waals surface area contributed by atoms with Crippen LogP contribution in [0.1, 0.15) is 6.42 Å². The minimum atomic E-state index is -1.48. The van der Waals surface area contributed by atoms with Crippen molar-refractivity contribution in [2.45, 2.75) is 6.42 Å². The van der Waals surface area contributed by atoms with Crippen molar-refractivity contribution in [2.24, 2.45) is 0 Å². The van der Waals surface area contributed by atoms with E-state index in [-0.39, 0.29) is 116 Å². The first-order valence-corrected chi connectivity index (χ1v) is 2.27. The summed E-state index contributed by atoms with van der Waals surface area (Å²) in [6.45, 7) is -0.162. The average Bonchev–Trinajstić information content (AvgIpc) is 1.63. The summed E-state index contributed by atoms with van der Waals surface area (Å²) < 4.78 is 0. The molecule has 0 spiro atoms. The van der Waals surface area contributed by atoms with Crippen LogP contribution in [0.25, 0.3) is 0 Å². The zero-order chi connectivity index (χ0) is 7.28. The van der Waals surface area contributed by atoms with Crippen LogP contribution in [-0.4, -0.2) is 18.6 Å². The van der Waals surface area contributed by atoms with Crippen molar-refractivity contribution in [3.8, 4) is 0 Å². The molecule has 0 aliphatic rings. The van der Waals surface area contributed by atoms with Crippen molar-refractivity contribution in [1.29, 1.82) is 0 Å². The van der Waals surface area contributed by atoms with E-state index in [4.69, 9.17) is 0 Å². The average molecular weight is 209 g/mol. The Kier molecular flexibility index (Phi) is 20.5. The van der Waals surface area contributed by atoms with Crippen molar-refractivity contribution in [1.82, 2.24) is 5.32 Å². The summed E-state index contributed by atoms with van der Waals surface area (Å²) in [7, 11) is 0. The number of hydrogen-bond donors (Lipinski definition) is 1. The van der Waals surface area contributed by atoms with Crippen molar-refractivity contribution in [3.63, 3.8) is 0 Å². The van der Waals surface area contributed by atoms with Gasteiger partial charge in [-0.25, -0.2) is 0 Å². The molecule has 0 atom stereocenters. The minimum Gasteiger partial charge on any atom is -0.550 e. The molecule has 0 rings (SSSR count). The Morgan fingerprint density at radius 1 is 1.18 bits per heavy atom. The van der Waals surface area contributed by atoms with Crippen molar-refractivity contribution < 1.29 is 123 Å². The summed E-state index contributed by atoms with van der Waals surface area (Å²) in [6.07, 6.45) is -1.80. The van der Waals surface area contributed by atoms with Crippen LogP contribution >= 0.6 is 0 Å². The fraction of sp³-hybridized carbons (Fsp3) is 0.500. The SMILES string of the molecule is O=C([O-])CCNC(=O)[O-].[K+].[K+]. The number of carboxylic acid groups (broad SMARTS) is 2. The summed E-state index contributed by atoms with van der Waals surface area (Å²) in [6, 6.07) is 0. The van der Waals surface area contributed by atoms with Crippen LogP contribution in [-0.2, 0) is 4.79 Å². The van der Waals surface area contributed by atoms with Crippen LogP contribution in [0.2, 0.25) is 0 Å². The van der Waals surface area contributed by atoms with Gasteiger partial charge in [0.15, 0.2) is 0 Å². The first-order valence-electron chi connectivity index (χ1n) is 2.27. The molecule has 11 heavy (non-hydrogen) atoms. The van der Waals surface area contributed by atoms with Crippen LogP contribution in [0.15, 0.2) is 0 Å². The molecule has 52 valence electrons. The number of carboxylic acids is 1. The first kappa shape index (κ1) is 18.7. The molecule has 0 saturated heterocycles. The van der Waals surface area contributed by atoms with Gasteiger partial charge in [-0.2, -0.15) is 0 Å². The topological polar surface area (TPSA) is 92.3 Å². The Morgan fingerprint density at radius 3 is 1.91 bits per heavy atom. The second-order valence-corrected chi connectivity index (χ2v) is 1.34. The monoisotopic (exact) mass is 209 g/mol. The van der Waals surface area contributed by atoms with Gasteiger partial charge in [0.2, 0.25) is 0 Å². The van der Waals surface area contributed by atoms with Gasteiger partial charge >= 0.3 is 103 Å². The summed E-state index contributed by atoms with van der Waals surface area (Å²) in [5.74, 6) is -1.29. The van der Waals surface area contributed by atoms with Crippen LogP contribution in [0.5, 0.6) is 0 Å². The Bertz CT molecular complexity index is 115. The predicted octanol–water partition coefficient (Wildman–Crippen LogP) is -8.93. The third-order valence-electron chi connectivity index (χ3n) is 0.598. The second-order valence-electron chi connectivity index (χ2n) is 1.34. The third-order valence-corrected chi connectivity index (χ3v) is 0.598. The molecule has 0 aromatic carbocycles. The van der Waals surface area contributed by atoms with Crippen molar-refractivity contribution in [3.05, 3.63) is 0 Å². The molecule has 0 aliphatic carbocycles. The molecule has 0 unspecified atom stereocenters. The number of hydrogen-bond acceptors (Lipinski definition) is 4. The Morgan fingerprint density at radius 2 is 1.64 bits per heavy atom. The van der Waals surface area contributed by atoms with Gasteiger partial charge < -0.3 is 25.1 Å². The molecule has 0 fully saturated rings. The maximum Gasteiger partial charge on any atom is 1.00 e. The summed E-state index contributed by atoms with van der Waals surface area (Å²) in [4.78, 5) is 19.2. The van der Waals surface area contributed by atoms with Gasteiger partial charge in [-0.3, -0.25) is 0 Å². The summed E-state index contributed by atoms with van der Waals surface area (Å²) in [5, 5.41) is 20.9. The zero-order valence-corrected chi connectivity index (χ0v) is 12.8. The van der Waals surface area contributed by atoms with E-state index in [9.17, 15) is 19.8 Å². The number of rotatable bonds is 3. The van der Waals surface area contributed by atoms with E-state index < -0.39 is 12.1 Å². The molecule has 0 radical (unpaired) electrons.